The van der Waals surface area contributed by atoms with Crippen LogP contribution in [0.1, 0.15) is 31.0 Å². The van der Waals surface area contributed by atoms with Crippen LogP contribution >= 0.6 is 0 Å². The van der Waals surface area contributed by atoms with E-state index in [4.69, 9.17) is 0 Å². The molecule has 0 spiro atoms. The Morgan fingerprint density at radius 3 is 2.62 bits per heavy atom. The first-order valence-electron chi connectivity index (χ1n) is 6.16. The van der Waals surface area contributed by atoms with Crippen LogP contribution in [-0.4, -0.2) is 24.6 Å². The number of aromatic nitrogens is 1. The molecular formula is C13H23N3. The number of aryl methyl sites for hydroxylation is 1. The molecule has 0 aliphatic rings. The summed E-state index contributed by atoms with van der Waals surface area (Å²) in [7, 11) is 0. The summed E-state index contributed by atoms with van der Waals surface area (Å²) >= 11 is 0. The fourth-order valence-corrected chi connectivity index (χ4v) is 1.48. The van der Waals surface area contributed by atoms with Crippen LogP contribution in [0.3, 0.4) is 0 Å². The lowest BCUT2D eigenvalue weighted by molar-refractivity contribution is 0.592. The zero-order chi connectivity index (χ0) is 11.6. The summed E-state index contributed by atoms with van der Waals surface area (Å²) in [6, 6.07) is 4.19. The topological polar surface area (TPSA) is 37.0 Å². The molecule has 0 saturated carbocycles. The lowest BCUT2D eigenvalue weighted by Crippen LogP contribution is -2.22. The van der Waals surface area contributed by atoms with Crippen LogP contribution in [-0.2, 0) is 6.54 Å². The predicted octanol–water partition coefficient (Wildman–Crippen LogP) is 1.87. The molecule has 0 aromatic carbocycles. The maximum Gasteiger partial charge on any atom is 0.0372 e. The summed E-state index contributed by atoms with van der Waals surface area (Å²) in [5.74, 6) is 0. The van der Waals surface area contributed by atoms with Gasteiger partial charge in [0.1, 0.15) is 0 Å². The molecule has 3 nitrogen and oxygen atoms in total. The molecule has 1 aromatic rings. The maximum atomic E-state index is 4.27. The van der Waals surface area contributed by atoms with Gasteiger partial charge in [0.05, 0.1) is 0 Å². The van der Waals surface area contributed by atoms with E-state index in [-0.39, 0.29) is 0 Å². The Morgan fingerprint density at radius 1 is 1.12 bits per heavy atom. The van der Waals surface area contributed by atoms with Gasteiger partial charge in [-0.3, -0.25) is 4.98 Å². The van der Waals surface area contributed by atoms with E-state index in [2.05, 4.69) is 34.7 Å². The normalized spacial score (nSPS) is 10.6. The minimum Gasteiger partial charge on any atom is -0.317 e. The Hall–Kier alpha value is -0.930. The Balaban J connectivity index is 2.01. The summed E-state index contributed by atoms with van der Waals surface area (Å²) in [4.78, 5) is 4.27. The lowest BCUT2D eigenvalue weighted by Gasteiger charge is -2.05. The van der Waals surface area contributed by atoms with E-state index < -0.39 is 0 Å². The Bertz CT molecular complexity index is 269. The molecule has 90 valence electrons. The molecule has 0 unspecified atom stereocenters. The van der Waals surface area contributed by atoms with Gasteiger partial charge < -0.3 is 10.6 Å². The first-order valence-corrected chi connectivity index (χ1v) is 6.16. The van der Waals surface area contributed by atoms with Gasteiger partial charge in [-0.05, 0) is 51.0 Å². The molecule has 0 aliphatic heterocycles. The molecule has 16 heavy (non-hydrogen) atoms. The molecule has 1 aromatic heterocycles. The van der Waals surface area contributed by atoms with Crippen LogP contribution in [0, 0.1) is 6.92 Å². The van der Waals surface area contributed by atoms with Crippen LogP contribution in [0.25, 0.3) is 0 Å². The Labute approximate surface area is 98.7 Å². The average molecular weight is 221 g/mol. The number of hydrogen-bond acceptors (Lipinski definition) is 3. The van der Waals surface area contributed by atoms with Crippen molar-refractivity contribution in [1.82, 2.24) is 15.6 Å². The fourth-order valence-electron chi connectivity index (χ4n) is 1.48. The first kappa shape index (κ1) is 13.1. The number of rotatable bonds is 8. The van der Waals surface area contributed by atoms with Gasteiger partial charge in [0.2, 0.25) is 0 Å². The van der Waals surface area contributed by atoms with Crippen molar-refractivity contribution in [2.24, 2.45) is 0 Å². The van der Waals surface area contributed by atoms with Gasteiger partial charge >= 0.3 is 0 Å². The molecule has 2 N–H and O–H groups in total. The van der Waals surface area contributed by atoms with Gasteiger partial charge in [-0.2, -0.15) is 0 Å². The number of pyridine rings is 1. The first-order chi connectivity index (χ1) is 7.83. The highest BCUT2D eigenvalue weighted by Crippen LogP contribution is 1.98. The van der Waals surface area contributed by atoms with Crippen LogP contribution < -0.4 is 10.6 Å². The molecule has 1 rings (SSSR count). The number of nitrogens with zero attached hydrogens (tertiary/aromatic N) is 1. The van der Waals surface area contributed by atoms with Gasteiger partial charge in [-0.1, -0.05) is 13.0 Å². The summed E-state index contributed by atoms with van der Waals surface area (Å²) in [5, 5.41) is 6.81. The number of hydrogen-bond donors (Lipinski definition) is 2. The van der Waals surface area contributed by atoms with Crippen molar-refractivity contribution in [3.05, 3.63) is 29.6 Å². The fraction of sp³-hybridized carbons (Fsp3) is 0.615. The Morgan fingerprint density at radius 2 is 1.94 bits per heavy atom. The van der Waals surface area contributed by atoms with Crippen molar-refractivity contribution in [2.45, 2.75) is 33.2 Å². The average Bonchev–Trinajstić information content (AvgIpc) is 2.30. The lowest BCUT2D eigenvalue weighted by atomic mass is 10.2. The molecule has 1 heterocycles. The molecule has 0 fully saturated rings. The zero-order valence-corrected chi connectivity index (χ0v) is 10.4. The molecule has 0 saturated heterocycles. The third-order valence-electron chi connectivity index (χ3n) is 2.44. The monoisotopic (exact) mass is 221 g/mol. The zero-order valence-electron chi connectivity index (χ0n) is 10.4. The molecule has 0 amide bonds. The highest BCUT2D eigenvalue weighted by molar-refractivity contribution is 5.12. The van der Waals surface area contributed by atoms with E-state index in [1.54, 1.807) is 0 Å². The second-order valence-corrected chi connectivity index (χ2v) is 4.09. The second-order valence-electron chi connectivity index (χ2n) is 4.09. The van der Waals surface area contributed by atoms with E-state index in [0.29, 0.717) is 0 Å². The van der Waals surface area contributed by atoms with E-state index in [1.807, 2.05) is 13.1 Å². The summed E-state index contributed by atoms with van der Waals surface area (Å²) in [5.41, 5.74) is 2.33. The predicted molar refractivity (Wildman–Crippen MR) is 68.5 cm³/mol. The maximum absolute atomic E-state index is 4.27. The van der Waals surface area contributed by atoms with Gasteiger partial charge in [-0.15, -0.1) is 0 Å². The summed E-state index contributed by atoms with van der Waals surface area (Å²) in [6.07, 6.45) is 4.33. The van der Waals surface area contributed by atoms with Gasteiger partial charge in [0.15, 0.2) is 0 Å². The molecule has 0 radical (unpaired) electrons. The van der Waals surface area contributed by atoms with Crippen LogP contribution in [0.4, 0.5) is 0 Å². The van der Waals surface area contributed by atoms with E-state index in [0.717, 1.165) is 31.9 Å². The van der Waals surface area contributed by atoms with Crippen molar-refractivity contribution in [3.8, 4) is 0 Å². The van der Waals surface area contributed by atoms with Crippen molar-refractivity contribution in [2.75, 3.05) is 19.6 Å². The minimum absolute atomic E-state index is 0.918. The highest BCUT2D eigenvalue weighted by Gasteiger charge is 1.93. The molecule has 3 heteroatoms. The SMILES string of the molecule is CCCNCCCNCc1ccc(C)nc1. The number of nitrogens with one attached hydrogen (secondary N) is 2. The molecule has 0 aliphatic carbocycles. The van der Waals surface area contributed by atoms with Gasteiger partial charge in [0.25, 0.3) is 0 Å². The Kier molecular flexibility index (Phi) is 6.77. The third kappa shape index (κ3) is 5.83. The third-order valence-corrected chi connectivity index (χ3v) is 2.44. The largest absolute Gasteiger partial charge is 0.317 e. The smallest absolute Gasteiger partial charge is 0.0372 e. The summed E-state index contributed by atoms with van der Waals surface area (Å²) < 4.78 is 0. The summed E-state index contributed by atoms with van der Waals surface area (Å²) in [6.45, 7) is 8.41. The van der Waals surface area contributed by atoms with Crippen molar-refractivity contribution in [1.29, 1.82) is 0 Å². The van der Waals surface area contributed by atoms with Crippen LogP contribution in [0.2, 0.25) is 0 Å². The van der Waals surface area contributed by atoms with Crippen molar-refractivity contribution >= 4 is 0 Å². The van der Waals surface area contributed by atoms with E-state index in [1.165, 1.54) is 18.4 Å². The van der Waals surface area contributed by atoms with E-state index in [9.17, 15) is 0 Å². The highest BCUT2D eigenvalue weighted by atomic mass is 14.9. The van der Waals surface area contributed by atoms with Gasteiger partial charge in [-0.25, -0.2) is 0 Å². The second kappa shape index (κ2) is 8.25. The van der Waals surface area contributed by atoms with Crippen molar-refractivity contribution < 1.29 is 0 Å². The quantitative estimate of drug-likeness (QED) is 0.658. The van der Waals surface area contributed by atoms with Gasteiger partial charge in [0, 0.05) is 18.4 Å². The minimum atomic E-state index is 0.918. The standard InChI is InChI=1S/C13H23N3/c1-3-7-14-8-4-9-15-10-13-6-5-12(2)16-11-13/h5-6,11,14-15H,3-4,7-10H2,1-2H3. The molecule has 0 bridgehead atoms. The molecular weight excluding hydrogens is 198 g/mol. The van der Waals surface area contributed by atoms with Crippen molar-refractivity contribution in [3.63, 3.8) is 0 Å². The van der Waals surface area contributed by atoms with Crippen LogP contribution in [0.15, 0.2) is 18.3 Å². The van der Waals surface area contributed by atoms with E-state index >= 15 is 0 Å². The molecule has 0 atom stereocenters. The van der Waals surface area contributed by atoms with Crippen LogP contribution in [0.5, 0.6) is 0 Å².